The Morgan fingerprint density at radius 1 is 1.10 bits per heavy atom. The maximum Gasteiger partial charge on any atom is 0.193 e. The third-order valence-corrected chi connectivity index (χ3v) is 4.62. The second kappa shape index (κ2) is 10.4. The first kappa shape index (κ1) is 20.6. The van der Waals surface area contributed by atoms with Gasteiger partial charge in [-0.1, -0.05) is 42.5 Å². The fraction of sp³-hybridized carbons (Fsp3) is 0.304. The molecule has 0 aliphatic heterocycles. The molecule has 0 saturated heterocycles. The van der Waals surface area contributed by atoms with Crippen LogP contribution in [-0.4, -0.2) is 40.5 Å². The molecule has 6 heteroatoms. The molecule has 0 aliphatic rings. The lowest BCUT2D eigenvalue weighted by molar-refractivity contribution is 0.476. The average molecular weight is 394 g/mol. The minimum atomic E-state index is -0.219. The van der Waals surface area contributed by atoms with Crippen molar-refractivity contribution in [2.45, 2.75) is 26.4 Å². The maximum absolute atomic E-state index is 13.1. The van der Waals surface area contributed by atoms with Crippen LogP contribution in [0.5, 0.6) is 0 Å². The standard InChI is InChI=1S/C23H28FN5/c1-3-25-23(28(2)17-20-9-11-21(24)12-10-20)27-14-13-22-26-15-16-29(22)18-19-7-5-4-6-8-19/h4-12,15-16H,3,13-14,17-18H2,1-2H3,(H,25,27). The van der Waals surface area contributed by atoms with E-state index in [1.807, 2.05) is 37.3 Å². The monoisotopic (exact) mass is 393 g/mol. The largest absolute Gasteiger partial charge is 0.357 e. The number of nitrogens with zero attached hydrogens (tertiary/aromatic N) is 4. The Labute approximate surface area is 171 Å². The van der Waals surface area contributed by atoms with E-state index in [-0.39, 0.29) is 5.82 Å². The van der Waals surface area contributed by atoms with Gasteiger partial charge in [-0.3, -0.25) is 4.99 Å². The van der Waals surface area contributed by atoms with Crippen LogP contribution in [0.2, 0.25) is 0 Å². The van der Waals surface area contributed by atoms with Crippen molar-refractivity contribution in [1.29, 1.82) is 0 Å². The van der Waals surface area contributed by atoms with Gasteiger partial charge in [0.1, 0.15) is 11.6 Å². The summed E-state index contributed by atoms with van der Waals surface area (Å²) in [5, 5.41) is 3.32. The van der Waals surface area contributed by atoms with Gasteiger partial charge in [-0.25, -0.2) is 9.37 Å². The Kier molecular flexibility index (Phi) is 7.39. The van der Waals surface area contributed by atoms with Crippen molar-refractivity contribution in [3.05, 3.63) is 89.8 Å². The van der Waals surface area contributed by atoms with Gasteiger partial charge in [0.15, 0.2) is 5.96 Å². The number of imidazole rings is 1. The summed E-state index contributed by atoms with van der Waals surface area (Å²) in [7, 11) is 1.99. The van der Waals surface area contributed by atoms with Crippen LogP contribution < -0.4 is 5.32 Å². The van der Waals surface area contributed by atoms with E-state index < -0.39 is 0 Å². The highest BCUT2D eigenvalue weighted by Gasteiger charge is 2.08. The molecule has 0 spiro atoms. The zero-order valence-electron chi connectivity index (χ0n) is 17.1. The summed E-state index contributed by atoms with van der Waals surface area (Å²) in [6.07, 6.45) is 4.62. The van der Waals surface area contributed by atoms with Crippen molar-refractivity contribution >= 4 is 5.96 Å². The van der Waals surface area contributed by atoms with Crippen molar-refractivity contribution in [1.82, 2.24) is 19.8 Å². The molecule has 0 bridgehead atoms. The zero-order chi connectivity index (χ0) is 20.5. The molecule has 0 amide bonds. The predicted molar refractivity (Wildman–Crippen MR) is 115 cm³/mol. The normalized spacial score (nSPS) is 11.5. The molecule has 0 fully saturated rings. The fourth-order valence-corrected chi connectivity index (χ4v) is 3.16. The number of hydrogen-bond acceptors (Lipinski definition) is 2. The molecule has 3 rings (SSSR count). The second-order valence-electron chi connectivity index (χ2n) is 6.93. The highest BCUT2D eigenvalue weighted by atomic mass is 19.1. The van der Waals surface area contributed by atoms with Crippen LogP contribution in [0.3, 0.4) is 0 Å². The van der Waals surface area contributed by atoms with Crippen molar-refractivity contribution in [2.24, 2.45) is 4.99 Å². The summed E-state index contributed by atoms with van der Waals surface area (Å²) in [6, 6.07) is 16.9. The number of guanidine groups is 1. The summed E-state index contributed by atoms with van der Waals surface area (Å²) in [6.45, 7) is 4.95. The summed E-state index contributed by atoms with van der Waals surface area (Å²) >= 11 is 0. The molecule has 3 aromatic rings. The molecule has 29 heavy (non-hydrogen) atoms. The Morgan fingerprint density at radius 2 is 1.86 bits per heavy atom. The average Bonchev–Trinajstić information content (AvgIpc) is 3.16. The molecule has 152 valence electrons. The van der Waals surface area contributed by atoms with Gasteiger partial charge >= 0.3 is 0 Å². The van der Waals surface area contributed by atoms with Gasteiger partial charge in [0.05, 0.1) is 0 Å². The van der Waals surface area contributed by atoms with Crippen molar-refractivity contribution in [2.75, 3.05) is 20.1 Å². The van der Waals surface area contributed by atoms with Crippen LogP contribution in [0, 0.1) is 5.82 Å². The first-order valence-corrected chi connectivity index (χ1v) is 9.93. The van der Waals surface area contributed by atoms with Crippen LogP contribution in [0.1, 0.15) is 23.9 Å². The quantitative estimate of drug-likeness (QED) is 0.469. The number of rotatable bonds is 8. The highest BCUT2D eigenvalue weighted by molar-refractivity contribution is 5.79. The molecular weight excluding hydrogens is 365 g/mol. The van der Waals surface area contributed by atoms with Gasteiger partial charge in [-0.05, 0) is 30.2 Å². The molecule has 0 unspecified atom stereocenters. The smallest absolute Gasteiger partial charge is 0.193 e. The summed E-state index contributed by atoms with van der Waals surface area (Å²) in [5.41, 5.74) is 2.29. The molecule has 0 saturated carbocycles. The third kappa shape index (κ3) is 6.17. The summed E-state index contributed by atoms with van der Waals surface area (Å²) in [5.74, 6) is 1.63. The minimum absolute atomic E-state index is 0.219. The van der Waals surface area contributed by atoms with Crippen LogP contribution in [-0.2, 0) is 19.5 Å². The Bertz CT molecular complexity index is 903. The number of hydrogen-bond donors (Lipinski definition) is 1. The summed E-state index contributed by atoms with van der Waals surface area (Å²) in [4.78, 5) is 11.3. The molecule has 1 heterocycles. The van der Waals surface area contributed by atoms with E-state index in [4.69, 9.17) is 4.99 Å². The van der Waals surface area contributed by atoms with E-state index in [1.165, 1.54) is 17.7 Å². The lowest BCUT2D eigenvalue weighted by Gasteiger charge is -2.22. The SMILES string of the molecule is CCNC(=NCCc1nccn1Cc1ccccc1)N(C)Cc1ccc(F)cc1. The topological polar surface area (TPSA) is 45.5 Å². The Hall–Kier alpha value is -3.15. The third-order valence-electron chi connectivity index (χ3n) is 4.62. The Morgan fingerprint density at radius 3 is 2.59 bits per heavy atom. The molecule has 0 atom stereocenters. The van der Waals surface area contributed by atoms with Crippen molar-refractivity contribution in [3.8, 4) is 0 Å². The van der Waals surface area contributed by atoms with Gasteiger partial charge in [0.25, 0.3) is 0 Å². The molecule has 1 N–H and O–H groups in total. The van der Waals surface area contributed by atoms with Crippen LogP contribution in [0.15, 0.2) is 72.0 Å². The van der Waals surface area contributed by atoms with Gasteiger partial charge < -0.3 is 14.8 Å². The zero-order valence-corrected chi connectivity index (χ0v) is 17.1. The lowest BCUT2D eigenvalue weighted by atomic mass is 10.2. The van der Waals surface area contributed by atoms with E-state index in [2.05, 4.69) is 39.1 Å². The highest BCUT2D eigenvalue weighted by Crippen LogP contribution is 2.08. The maximum atomic E-state index is 13.1. The molecule has 0 radical (unpaired) electrons. The number of halogens is 1. The second-order valence-corrected chi connectivity index (χ2v) is 6.93. The van der Waals surface area contributed by atoms with Crippen LogP contribution in [0.4, 0.5) is 4.39 Å². The minimum Gasteiger partial charge on any atom is -0.357 e. The van der Waals surface area contributed by atoms with E-state index in [0.717, 1.165) is 36.9 Å². The first-order valence-electron chi connectivity index (χ1n) is 9.93. The molecule has 2 aromatic carbocycles. The predicted octanol–water partition coefficient (Wildman–Crippen LogP) is 3.71. The van der Waals surface area contributed by atoms with Crippen LogP contribution >= 0.6 is 0 Å². The van der Waals surface area contributed by atoms with Crippen molar-refractivity contribution in [3.63, 3.8) is 0 Å². The molecule has 0 aliphatic carbocycles. The van der Waals surface area contributed by atoms with Crippen molar-refractivity contribution < 1.29 is 4.39 Å². The van der Waals surface area contributed by atoms with Gasteiger partial charge in [-0.2, -0.15) is 0 Å². The van der Waals surface area contributed by atoms with Gasteiger partial charge in [0.2, 0.25) is 0 Å². The Balaban J connectivity index is 1.60. The van der Waals surface area contributed by atoms with Gasteiger partial charge in [-0.15, -0.1) is 0 Å². The lowest BCUT2D eigenvalue weighted by Crippen LogP contribution is -2.38. The van der Waals surface area contributed by atoms with E-state index in [1.54, 1.807) is 12.1 Å². The number of benzene rings is 2. The summed E-state index contributed by atoms with van der Waals surface area (Å²) < 4.78 is 15.3. The van der Waals surface area contributed by atoms with E-state index >= 15 is 0 Å². The number of aromatic nitrogens is 2. The van der Waals surface area contributed by atoms with Crippen LogP contribution in [0.25, 0.3) is 0 Å². The molecule has 5 nitrogen and oxygen atoms in total. The molecule has 1 aromatic heterocycles. The molecular formula is C23H28FN5. The van der Waals surface area contributed by atoms with Gasteiger partial charge in [0, 0.05) is 52.0 Å². The van der Waals surface area contributed by atoms with E-state index in [0.29, 0.717) is 13.1 Å². The van der Waals surface area contributed by atoms with E-state index in [9.17, 15) is 4.39 Å². The number of nitrogens with one attached hydrogen (secondary N) is 1. The fourth-order valence-electron chi connectivity index (χ4n) is 3.16. The number of aliphatic imine (C=N–C) groups is 1. The first-order chi connectivity index (χ1) is 14.2.